The number of nitrogens with zero attached hydrogens (tertiary/aromatic N) is 4. The number of fused-ring (bicyclic) bond motifs is 1. The average Bonchev–Trinajstić information content (AvgIpc) is 2.73. The zero-order valence-electron chi connectivity index (χ0n) is 15.5. The van der Waals surface area contributed by atoms with Crippen LogP contribution in [-0.4, -0.2) is 53.0 Å². The van der Waals surface area contributed by atoms with E-state index in [0.29, 0.717) is 22.5 Å². The van der Waals surface area contributed by atoms with Crippen molar-refractivity contribution in [2.75, 3.05) is 31.1 Å². The van der Waals surface area contributed by atoms with Crippen molar-refractivity contribution >= 4 is 22.6 Å². The third kappa shape index (κ3) is 3.56. The largest absolute Gasteiger partial charge is 0.352 e. The van der Waals surface area contributed by atoms with Gasteiger partial charge in [0, 0.05) is 31.7 Å². The third-order valence-corrected chi connectivity index (χ3v) is 4.71. The minimum absolute atomic E-state index is 0.104. The summed E-state index contributed by atoms with van der Waals surface area (Å²) in [4.78, 5) is 28.2. The molecule has 3 aromatic rings. The summed E-state index contributed by atoms with van der Waals surface area (Å²) in [6.45, 7) is 4.76. The third-order valence-electron chi connectivity index (χ3n) is 4.71. The topological polar surface area (TPSA) is 97.0 Å². The molecular weight excluding hydrogens is 359 g/mol. The molecule has 8 heteroatoms. The van der Waals surface area contributed by atoms with Crippen molar-refractivity contribution in [3.63, 3.8) is 0 Å². The van der Waals surface area contributed by atoms with Gasteiger partial charge in [0.1, 0.15) is 11.3 Å². The SMILES string of the molecule is CC(N)C(=O)c1nc(N2CCNCC2)c2nc(-c3ccc(F)cc3)ccc2n1. The summed E-state index contributed by atoms with van der Waals surface area (Å²) in [6.07, 6.45) is 0. The number of benzene rings is 1. The van der Waals surface area contributed by atoms with Gasteiger partial charge in [-0.2, -0.15) is 0 Å². The van der Waals surface area contributed by atoms with E-state index in [1.54, 1.807) is 19.1 Å². The predicted octanol–water partition coefficient (Wildman–Crippen LogP) is 1.77. The summed E-state index contributed by atoms with van der Waals surface area (Å²) in [5, 5.41) is 3.30. The lowest BCUT2D eigenvalue weighted by molar-refractivity contribution is 0.0958. The Bertz CT molecular complexity index is 1020. The fourth-order valence-electron chi connectivity index (χ4n) is 3.19. The molecule has 0 spiro atoms. The van der Waals surface area contributed by atoms with Gasteiger partial charge in [-0.25, -0.2) is 19.3 Å². The minimum atomic E-state index is -0.681. The predicted molar refractivity (Wildman–Crippen MR) is 106 cm³/mol. The van der Waals surface area contributed by atoms with Crippen molar-refractivity contribution in [1.82, 2.24) is 20.3 Å². The number of Topliss-reactive ketones (excluding diaryl/α,β-unsaturated/α-hetero) is 1. The molecule has 3 N–H and O–H groups in total. The Morgan fingerprint density at radius 3 is 2.50 bits per heavy atom. The first-order valence-corrected chi connectivity index (χ1v) is 9.23. The molecule has 1 aliphatic heterocycles. The van der Waals surface area contributed by atoms with E-state index in [9.17, 15) is 9.18 Å². The molecule has 1 aliphatic rings. The number of nitrogens with two attached hydrogens (primary N) is 1. The molecular formula is C20H21FN6O. The van der Waals surface area contributed by atoms with Crippen LogP contribution in [0.3, 0.4) is 0 Å². The molecule has 7 nitrogen and oxygen atoms in total. The van der Waals surface area contributed by atoms with Crippen LogP contribution >= 0.6 is 0 Å². The molecule has 3 heterocycles. The first-order valence-electron chi connectivity index (χ1n) is 9.23. The van der Waals surface area contributed by atoms with Crippen LogP contribution in [-0.2, 0) is 0 Å². The normalized spacial score (nSPS) is 15.6. The van der Waals surface area contributed by atoms with Gasteiger partial charge in [-0.3, -0.25) is 4.79 Å². The van der Waals surface area contributed by atoms with Crippen molar-refractivity contribution < 1.29 is 9.18 Å². The number of hydrogen-bond acceptors (Lipinski definition) is 7. The van der Waals surface area contributed by atoms with E-state index in [-0.39, 0.29) is 17.4 Å². The number of carbonyl (C=O) groups excluding carboxylic acids is 1. The van der Waals surface area contributed by atoms with Crippen molar-refractivity contribution in [2.45, 2.75) is 13.0 Å². The fraction of sp³-hybridized carbons (Fsp3) is 0.300. The summed E-state index contributed by atoms with van der Waals surface area (Å²) in [5.41, 5.74) is 8.44. The summed E-state index contributed by atoms with van der Waals surface area (Å²) < 4.78 is 13.3. The molecule has 1 saturated heterocycles. The van der Waals surface area contributed by atoms with Crippen LogP contribution < -0.4 is 16.0 Å². The Kier molecular flexibility index (Phi) is 4.97. The quantitative estimate of drug-likeness (QED) is 0.666. The van der Waals surface area contributed by atoms with Gasteiger partial charge < -0.3 is 16.0 Å². The summed E-state index contributed by atoms with van der Waals surface area (Å²) >= 11 is 0. The molecule has 0 saturated carbocycles. The molecule has 1 unspecified atom stereocenters. The van der Waals surface area contributed by atoms with E-state index in [4.69, 9.17) is 10.7 Å². The number of halogens is 1. The first kappa shape index (κ1) is 18.4. The molecule has 28 heavy (non-hydrogen) atoms. The number of aromatic nitrogens is 3. The van der Waals surface area contributed by atoms with Gasteiger partial charge in [-0.1, -0.05) is 0 Å². The summed E-state index contributed by atoms with van der Waals surface area (Å²) in [5.74, 6) is 0.126. The second-order valence-corrected chi connectivity index (χ2v) is 6.83. The lowest BCUT2D eigenvalue weighted by Crippen LogP contribution is -2.44. The second kappa shape index (κ2) is 7.57. The molecule has 4 rings (SSSR count). The molecule has 0 amide bonds. The molecule has 0 radical (unpaired) electrons. The standard InChI is InChI=1S/C20H21FN6O/c1-12(22)18(28)19-25-16-7-6-15(13-2-4-14(21)5-3-13)24-17(16)20(26-19)27-10-8-23-9-11-27/h2-7,12,23H,8-11,22H2,1H3. The van der Waals surface area contributed by atoms with Gasteiger partial charge in [-0.05, 0) is 43.3 Å². The highest BCUT2D eigenvalue weighted by Crippen LogP contribution is 2.27. The van der Waals surface area contributed by atoms with E-state index in [2.05, 4.69) is 20.2 Å². The van der Waals surface area contributed by atoms with Gasteiger partial charge in [0.25, 0.3) is 0 Å². The average molecular weight is 380 g/mol. The fourth-order valence-corrected chi connectivity index (χ4v) is 3.19. The minimum Gasteiger partial charge on any atom is -0.352 e. The van der Waals surface area contributed by atoms with Crippen LogP contribution in [0.2, 0.25) is 0 Å². The molecule has 2 aromatic heterocycles. The maximum Gasteiger partial charge on any atom is 0.216 e. The van der Waals surface area contributed by atoms with Gasteiger partial charge in [0.05, 0.1) is 17.3 Å². The molecule has 0 aliphatic carbocycles. The summed E-state index contributed by atoms with van der Waals surface area (Å²) in [7, 11) is 0. The number of piperazine rings is 1. The maximum atomic E-state index is 13.3. The van der Waals surface area contributed by atoms with Gasteiger partial charge >= 0.3 is 0 Å². The van der Waals surface area contributed by atoms with E-state index >= 15 is 0 Å². The maximum absolute atomic E-state index is 13.3. The number of pyridine rings is 1. The molecule has 1 aromatic carbocycles. The molecule has 144 valence electrons. The first-order chi connectivity index (χ1) is 13.5. The zero-order chi connectivity index (χ0) is 19.7. The van der Waals surface area contributed by atoms with Crippen LogP contribution in [0.15, 0.2) is 36.4 Å². The highest BCUT2D eigenvalue weighted by Gasteiger charge is 2.22. The number of carbonyl (C=O) groups is 1. The Morgan fingerprint density at radius 1 is 1.11 bits per heavy atom. The van der Waals surface area contributed by atoms with Crippen molar-refractivity contribution in [3.8, 4) is 11.3 Å². The van der Waals surface area contributed by atoms with Gasteiger partial charge in [0.15, 0.2) is 11.6 Å². The van der Waals surface area contributed by atoms with Crippen molar-refractivity contribution in [2.24, 2.45) is 5.73 Å². The number of anilines is 1. The Balaban J connectivity index is 1.87. The Hall–Kier alpha value is -2.97. The van der Waals surface area contributed by atoms with Crippen molar-refractivity contribution in [3.05, 3.63) is 48.0 Å². The van der Waals surface area contributed by atoms with Gasteiger partial charge in [0.2, 0.25) is 5.78 Å². The van der Waals surface area contributed by atoms with E-state index in [1.165, 1.54) is 12.1 Å². The van der Waals surface area contributed by atoms with Crippen LogP contribution in [0.1, 0.15) is 17.5 Å². The van der Waals surface area contributed by atoms with Crippen LogP contribution in [0.5, 0.6) is 0 Å². The highest BCUT2D eigenvalue weighted by atomic mass is 19.1. The molecule has 1 fully saturated rings. The van der Waals surface area contributed by atoms with E-state index in [0.717, 1.165) is 31.7 Å². The number of nitrogens with one attached hydrogen (secondary N) is 1. The molecule has 0 bridgehead atoms. The van der Waals surface area contributed by atoms with Crippen LogP contribution in [0, 0.1) is 5.82 Å². The van der Waals surface area contributed by atoms with Crippen LogP contribution in [0.25, 0.3) is 22.3 Å². The zero-order valence-corrected chi connectivity index (χ0v) is 15.5. The Morgan fingerprint density at radius 2 is 1.82 bits per heavy atom. The summed E-state index contributed by atoms with van der Waals surface area (Å²) in [6, 6.07) is 9.11. The number of hydrogen-bond donors (Lipinski definition) is 2. The lowest BCUT2D eigenvalue weighted by atomic mass is 10.1. The highest BCUT2D eigenvalue weighted by molar-refractivity contribution is 5.99. The van der Waals surface area contributed by atoms with E-state index < -0.39 is 6.04 Å². The van der Waals surface area contributed by atoms with E-state index in [1.807, 2.05) is 12.1 Å². The smallest absolute Gasteiger partial charge is 0.216 e. The second-order valence-electron chi connectivity index (χ2n) is 6.83. The monoisotopic (exact) mass is 380 g/mol. The Labute approximate surface area is 161 Å². The molecule has 1 atom stereocenters. The number of ketones is 1. The van der Waals surface area contributed by atoms with Crippen LogP contribution in [0.4, 0.5) is 10.2 Å². The van der Waals surface area contributed by atoms with Gasteiger partial charge in [-0.15, -0.1) is 0 Å². The van der Waals surface area contributed by atoms with Crippen molar-refractivity contribution in [1.29, 1.82) is 0 Å². The number of rotatable bonds is 4. The lowest BCUT2D eigenvalue weighted by Gasteiger charge is -2.29.